The lowest BCUT2D eigenvalue weighted by Crippen LogP contribution is -2.55. The Morgan fingerprint density at radius 3 is 2.26 bits per heavy atom. The van der Waals surface area contributed by atoms with Crippen molar-refractivity contribution in [3.05, 3.63) is 95.3 Å². The van der Waals surface area contributed by atoms with Crippen LogP contribution in [0.5, 0.6) is 0 Å². The molecule has 0 aromatic heterocycles. The van der Waals surface area contributed by atoms with Crippen molar-refractivity contribution >= 4 is 33.2 Å². The van der Waals surface area contributed by atoms with E-state index in [4.69, 9.17) is 11.6 Å². The Morgan fingerprint density at radius 2 is 1.62 bits per heavy atom. The molecule has 178 valence electrons. The molecule has 4 rings (SSSR count). The lowest BCUT2D eigenvalue weighted by Gasteiger charge is -2.37. The molecular formula is C25H25ClFN3O3S. The van der Waals surface area contributed by atoms with Gasteiger partial charge in [-0.15, -0.1) is 0 Å². The zero-order chi connectivity index (χ0) is 24.1. The normalized spacial score (nSPS) is 15.2. The van der Waals surface area contributed by atoms with Gasteiger partial charge in [-0.3, -0.25) is 4.79 Å². The van der Waals surface area contributed by atoms with Crippen LogP contribution in [-0.4, -0.2) is 51.4 Å². The average molecular weight is 502 g/mol. The van der Waals surface area contributed by atoms with Gasteiger partial charge in [0.05, 0.1) is 4.90 Å². The van der Waals surface area contributed by atoms with Gasteiger partial charge in [0.2, 0.25) is 15.9 Å². The van der Waals surface area contributed by atoms with E-state index in [1.54, 1.807) is 4.90 Å². The summed E-state index contributed by atoms with van der Waals surface area (Å²) in [6.45, 7) is 2.12. The summed E-state index contributed by atoms with van der Waals surface area (Å²) in [5, 5.41) is 0.647. The van der Waals surface area contributed by atoms with Crippen molar-refractivity contribution in [3.63, 3.8) is 0 Å². The van der Waals surface area contributed by atoms with Gasteiger partial charge in [0.25, 0.3) is 0 Å². The number of amides is 1. The molecule has 0 bridgehead atoms. The molecular weight excluding hydrogens is 477 g/mol. The molecule has 0 radical (unpaired) electrons. The van der Waals surface area contributed by atoms with Crippen molar-refractivity contribution in [2.75, 3.05) is 31.1 Å². The number of sulfonamides is 1. The van der Waals surface area contributed by atoms with Crippen LogP contribution in [0.4, 0.5) is 10.1 Å². The maximum absolute atomic E-state index is 13.5. The van der Waals surface area contributed by atoms with Gasteiger partial charge < -0.3 is 9.80 Å². The largest absolute Gasteiger partial charge is 0.368 e. The van der Waals surface area contributed by atoms with Crippen molar-refractivity contribution in [2.45, 2.75) is 17.4 Å². The molecule has 0 spiro atoms. The Labute approximate surface area is 204 Å². The van der Waals surface area contributed by atoms with E-state index in [1.165, 1.54) is 12.1 Å². The van der Waals surface area contributed by atoms with Crippen molar-refractivity contribution < 1.29 is 17.6 Å². The molecule has 3 aromatic carbocycles. The van der Waals surface area contributed by atoms with Crippen molar-refractivity contribution in [1.29, 1.82) is 0 Å². The minimum atomic E-state index is -4.03. The molecule has 1 N–H and O–H groups in total. The fraction of sp³-hybridized carbons (Fsp3) is 0.240. The van der Waals surface area contributed by atoms with Crippen LogP contribution in [0.25, 0.3) is 0 Å². The second-order valence-electron chi connectivity index (χ2n) is 8.11. The summed E-state index contributed by atoms with van der Waals surface area (Å²) in [5.41, 5.74) is 1.82. The van der Waals surface area contributed by atoms with Gasteiger partial charge >= 0.3 is 0 Å². The van der Waals surface area contributed by atoms with Gasteiger partial charge in [0.15, 0.2) is 0 Å². The van der Waals surface area contributed by atoms with Gasteiger partial charge in [-0.2, -0.15) is 4.72 Å². The molecule has 1 aliphatic rings. The Balaban J connectivity index is 1.50. The highest BCUT2D eigenvalue weighted by molar-refractivity contribution is 7.89. The smallest absolute Gasteiger partial charge is 0.241 e. The number of nitrogens with zero attached hydrogens (tertiary/aromatic N) is 2. The second-order valence-corrected chi connectivity index (χ2v) is 10.3. The van der Waals surface area contributed by atoms with Crippen LogP contribution in [0.15, 0.2) is 83.8 Å². The molecule has 1 atom stereocenters. The lowest BCUT2D eigenvalue weighted by molar-refractivity contribution is -0.133. The number of benzene rings is 3. The maximum atomic E-state index is 13.5. The zero-order valence-electron chi connectivity index (χ0n) is 18.4. The van der Waals surface area contributed by atoms with Gasteiger partial charge in [-0.25, -0.2) is 12.8 Å². The molecule has 0 unspecified atom stereocenters. The standard InChI is InChI=1S/C25H25ClFN3O3S/c26-20-7-4-8-22(18-20)29-13-15-30(16-14-29)25(31)24(17-19-5-2-1-3-6-19)28-34(32,33)23-11-9-21(27)10-12-23/h1-12,18,24,28H,13-17H2/t24-/m1/s1. The number of anilines is 1. The topological polar surface area (TPSA) is 69.7 Å². The number of piperazine rings is 1. The third kappa shape index (κ3) is 5.94. The van der Waals surface area contributed by atoms with Crippen LogP contribution in [-0.2, 0) is 21.2 Å². The highest BCUT2D eigenvalue weighted by Crippen LogP contribution is 2.21. The zero-order valence-corrected chi connectivity index (χ0v) is 20.0. The summed E-state index contributed by atoms with van der Waals surface area (Å²) in [7, 11) is -4.03. The first-order chi connectivity index (χ1) is 16.3. The number of halogens is 2. The predicted molar refractivity (Wildman–Crippen MR) is 131 cm³/mol. The number of hydrogen-bond acceptors (Lipinski definition) is 4. The Morgan fingerprint density at radius 1 is 0.941 bits per heavy atom. The Bertz CT molecular complexity index is 1230. The first-order valence-electron chi connectivity index (χ1n) is 10.9. The van der Waals surface area contributed by atoms with Crippen molar-refractivity contribution in [3.8, 4) is 0 Å². The van der Waals surface area contributed by atoms with Crippen LogP contribution < -0.4 is 9.62 Å². The van der Waals surface area contributed by atoms with Crippen LogP contribution in [0.1, 0.15) is 5.56 Å². The molecule has 3 aromatic rings. The SMILES string of the molecule is O=C([C@@H](Cc1ccccc1)NS(=O)(=O)c1ccc(F)cc1)N1CCN(c2cccc(Cl)c2)CC1. The second kappa shape index (κ2) is 10.5. The van der Waals surface area contributed by atoms with Crippen LogP contribution >= 0.6 is 11.6 Å². The molecule has 1 amide bonds. The molecule has 0 aliphatic carbocycles. The fourth-order valence-corrected chi connectivity index (χ4v) is 5.35. The van der Waals surface area contributed by atoms with E-state index in [0.717, 1.165) is 23.4 Å². The number of rotatable bonds is 7. The summed E-state index contributed by atoms with van der Waals surface area (Å²) >= 11 is 6.11. The van der Waals surface area contributed by atoms with Crippen LogP contribution in [0.3, 0.4) is 0 Å². The maximum Gasteiger partial charge on any atom is 0.241 e. The number of nitrogens with one attached hydrogen (secondary N) is 1. The quantitative estimate of drug-likeness (QED) is 0.536. The molecule has 6 nitrogen and oxygen atoms in total. The van der Waals surface area contributed by atoms with Gasteiger partial charge in [-0.1, -0.05) is 48.0 Å². The monoisotopic (exact) mass is 501 g/mol. The molecule has 1 aliphatic heterocycles. The van der Waals surface area contributed by atoms with Crippen LogP contribution in [0.2, 0.25) is 5.02 Å². The van der Waals surface area contributed by atoms with E-state index in [0.29, 0.717) is 31.2 Å². The first kappa shape index (κ1) is 24.2. The Kier molecular flexibility index (Phi) is 7.50. The summed E-state index contributed by atoms with van der Waals surface area (Å²) < 4.78 is 41.8. The molecule has 9 heteroatoms. The third-order valence-corrected chi connectivity index (χ3v) is 7.49. The van der Waals surface area contributed by atoms with Crippen molar-refractivity contribution in [1.82, 2.24) is 9.62 Å². The van der Waals surface area contributed by atoms with E-state index in [2.05, 4.69) is 9.62 Å². The molecule has 0 saturated carbocycles. The molecule has 34 heavy (non-hydrogen) atoms. The molecule has 1 saturated heterocycles. The number of carbonyl (C=O) groups is 1. The highest BCUT2D eigenvalue weighted by Gasteiger charge is 2.31. The van der Waals surface area contributed by atoms with Crippen LogP contribution in [0, 0.1) is 5.82 Å². The minimum Gasteiger partial charge on any atom is -0.368 e. The molecule has 1 fully saturated rings. The predicted octanol–water partition coefficient (Wildman–Crippen LogP) is 3.72. The van der Waals surface area contributed by atoms with E-state index < -0.39 is 21.9 Å². The summed E-state index contributed by atoms with van der Waals surface area (Å²) in [5.74, 6) is -0.825. The first-order valence-corrected chi connectivity index (χ1v) is 12.8. The van der Waals surface area contributed by atoms with E-state index in [1.807, 2.05) is 54.6 Å². The minimum absolute atomic E-state index is 0.0921. The summed E-state index contributed by atoms with van der Waals surface area (Å²) in [6, 6.07) is 20.3. The third-order valence-electron chi connectivity index (χ3n) is 5.77. The highest BCUT2D eigenvalue weighted by atomic mass is 35.5. The molecule has 1 heterocycles. The van der Waals surface area contributed by atoms with E-state index in [-0.39, 0.29) is 17.2 Å². The lowest BCUT2D eigenvalue weighted by atomic mass is 10.1. The van der Waals surface area contributed by atoms with Gasteiger partial charge in [-0.05, 0) is 54.4 Å². The van der Waals surface area contributed by atoms with Gasteiger partial charge in [0, 0.05) is 36.9 Å². The average Bonchev–Trinajstić information content (AvgIpc) is 2.84. The van der Waals surface area contributed by atoms with Crippen molar-refractivity contribution in [2.24, 2.45) is 0 Å². The summed E-state index contributed by atoms with van der Waals surface area (Å²) in [4.78, 5) is 17.2. The van der Waals surface area contributed by atoms with Gasteiger partial charge in [0.1, 0.15) is 11.9 Å². The Hall–Kier alpha value is -2.94. The van der Waals surface area contributed by atoms with E-state index in [9.17, 15) is 17.6 Å². The van der Waals surface area contributed by atoms with E-state index >= 15 is 0 Å². The number of hydrogen-bond donors (Lipinski definition) is 1. The fourth-order valence-electron chi connectivity index (χ4n) is 3.98. The number of carbonyl (C=O) groups excluding carboxylic acids is 1. The summed E-state index contributed by atoms with van der Waals surface area (Å²) in [6.07, 6.45) is 0.203.